The molecule has 1 amide bonds. The fourth-order valence-electron chi connectivity index (χ4n) is 2.61. The van der Waals surface area contributed by atoms with Crippen LogP contribution in [0, 0.1) is 0 Å². The number of benzene rings is 1. The summed E-state index contributed by atoms with van der Waals surface area (Å²) in [5, 5.41) is 2.72. The number of rotatable bonds is 10. The van der Waals surface area contributed by atoms with Crippen LogP contribution in [-0.4, -0.2) is 55.4 Å². The zero-order valence-corrected chi connectivity index (χ0v) is 15.0. The molecule has 0 radical (unpaired) electrons. The molecule has 1 rings (SSSR count). The lowest BCUT2D eigenvalue weighted by Gasteiger charge is -2.30. The smallest absolute Gasteiger partial charge is 0.359 e. The summed E-state index contributed by atoms with van der Waals surface area (Å²) < 4.78 is 41.1. The highest BCUT2D eigenvalue weighted by molar-refractivity contribution is 5.80. The van der Waals surface area contributed by atoms with E-state index in [0.29, 0.717) is 6.54 Å². The second-order valence-corrected chi connectivity index (χ2v) is 5.88. The maximum atomic E-state index is 12.2. The molecule has 0 saturated heterocycles. The molecule has 4 nitrogen and oxygen atoms in total. The van der Waals surface area contributed by atoms with Crippen molar-refractivity contribution >= 4 is 5.91 Å². The van der Waals surface area contributed by atoms with Crippen molar-refractivity contribution in [2.24, 2.45) is 0 Å². The van der Waals surface area contributed by atoms with Crippen LogP contribution in [0.25, 0.3) is 0 Å². The van der Waals surface area contributed by atoms with Gasteiger partial charge >= 0.3 is 6.18 Å². The molecule has 0 aliphatic rings. The molecule has 2 atom stereocenters. The Kier molecular flexibility index (Phi) is 8.92. The number of hydrogen-bond acceptors (Lipinski definition) is 3. The largest absolute Gasteiger partial charge is 0.411 e. The summed E-state index contributed by atoms with van der Waals surface area (Å²) in [5.74, 6) is -0.533. The number of ether oxygens (including phenoxy) is 1. The van der Waals surface area contributed by atoms with Gasteiger partial charge in [-0.3, -0.25) is 9.69 Å². The van der Waals surface area contributed by atoms with Gasteiger partial charge < -0.3 is 10.1 Å². The maximum Gasteiger partial charge on any atom is 0.411 e. The topological polar surface area (TPSA) is 41.6 Å². The number of carbonyl (C=O) groups excluding carboxylic acids is 1. The van der Waals surface area contributed by atoms with Gasteiger partial charge in [-0.25, -0.2) is 0 Å². The minimum Gasteiger partial charge on any atom is -0.359 e. The van der Waals surface area contributed by atoms with Crippen LogP contribution in [0.2, 0.25) is 0 Å². The first kappa shape index (κ1) is 21.4. The van der Waals surface area contributed by atoms with Crippen molar-refractivity contribution in [3.8, 4) is 0 Å². The van der Waals surface area contributed by atoms with Crippen molar-refractivity contribution in [2.75, 3.05) is 26.2 Å². The molecule has 0 unspecified atom stereocenters. The molecule has 0 bridgehead atoms. The summed E-state index contributed by atoms with van der Waals surface area (Å²) in [5.41, 5.74) is 1.15. The molecular formula is C18H27F3N2O2. The van der Waals surface area contributed by atoms with Gasteiger partial charge in [0.1, 0.15) is 12.7 Å². The minimum absolute atomic E-state index is 0.0659. The zero-order chi connectivity index (χ0) is 18.9. The Morgan fingerprint density at radius 1 is 1.20 bits per heavy atom. The van der Waals surface area contributed by atoms with E-state index < -0.39 is 24.8 Å². The number of likely N-dealkylation sites (N-methyl/N-ethyl adjacent to an activating group) is 1. The van der Waals surface area contributed by atoms with Crippen LogP contribution in [-0.2, 0) is 16.0 Å². The van der Waals surface area contributed by atoms with Crippen LogP contribution >= 0.6 is 0 Å². The molecule has 142 valence electrons. The highest BCUT2D eigenvalue weighted by Gasteiger charge is 2.30. The minimum atomic E-state index is -4.44. The molecule has 0 fully saturated rings. The molecule has 0 aliphatic carbocycles. The van der Waals surface area contributed by atoms with Crippen LogP contribution in [0.5, 0.6) is 0 Å². The van der Waals surface area contributed by atoms with Gasteiger partial charge in [-0.05, 0) is 32.0 Å². The van der Waals surface area contributed by atoms with E-state index in [9.17, 15) is 18.0 Å². The van der Waals surface area contributed by atoms with Crippen molar-refractivity contribution in [2.45, 2.75) is 45.5 Å². The van der Waals surface area contributed by atoms with Crippen molar-refractivity contribution in [1.82, 2.24) is 10.2 Å². The quantitative estimate of drug-likeness (QED) is 0.697. The van der Waals surface area contributed by atoms with E-state index in [4.69, 9.17) is 0 Å². The van der Waals surface area contributed by atoms with Gasteiger partial charge in [0.2, 0.25) is 5.91 Å². The lowest BCUT2D eigenvalue weighted by atomic mass is 10.0. The van der Waals surface area contributed by atoms with Gasteiger partial charge in [-0.2, -0.15) is 13.2 Å². The van der Waals surface area contributed by atoms with Gasteiger partial charge in [-0.1, -0.05) is 44.2 Å². The summed E-state index contributed by atoms with van der Waals surface area (Å²) in [6.45, 7) is 5.98. The van der Waals surface area contributed by atoms with E-state index in [1.165, 1.54) is 6.92 Å². The fourth-order valence-corrected chi connectivity index (χ4v) is 2.61. The number of carbonyl (C=O) groups is 1. The summed E-state index contributed by atoms with van der Waals surface area (Å²) >= 11 is 0. The third kappa shape index (κ3) is 8.36. The highest BCUT2D eigenvalue weighted by Crippen LogP contribution is 2.15. The van der Waals surface area contributed by atoms with Crippen molar-refractivity contribution in [3.05, 3.63) is 35.9 Å². The number of hydrogen-bond donors (Lipinski definition) is 1. The van der Waals surface area contributed by atoms with Crippen molar-refractivity contribution in [1.29, 1.82) is 0 Å². The Balaban J connectivity index is 2.60. The number of amides is 1. The Hall–Kier alpha value is -1.60. The molecule has 1 N–H and O–H groups in total. The number of nitrogens with one attached hydrogen (secondary N) is 1. The molecule has 0 aromatic heterocycles. The molecule has 7 heteroatoms. The maximum absolute atomic E-state index is 12.2. The number of alkyl halides is 3. The standard InChI is InChI=1S/C18H27F3N2O2/c1-4-23(5-2)16(11-15-9-7-6-8-10-15)12-22-17(24)14(3)25-13-18(19,20)21/h6-10,14,16H,4-5,11-13H2,1-3H3,(H,22,24)/t14-,16+/m1/s1. The summed E-state index contributed by atoms with van der Waals surface area (Å²) in [6, 6.07) is 9.97. The van der Waals surface area contributed by atoms with E-state index in [-0.39, 0.29) is 6.04 Å². The third-order valence-corrected chi connectivity index (χ3v) is 4.02. The molecule has 0 spiro atoms. The van der Waals surface area contributed by atoms with Crippen LogP contribution < -0.4 is 5.32 Å². The fraction of sp³-hybridized carbons (Fsp3) is 0.611. The van der Waals surface area contributed by atoms with E-state index in [1.807, 2.05) is 44.2 Å². The Morgan fingerprint density at radius 3 is 2.32 bits per heavy atom. The molecular weight excluding hydrogens is 333 g/mol. The second kappa shape index (κ2) is 10.4. The van der Waals surface area contributed by atoms with Gasteiger partial charge in [0.25, 0.3) is 0 Å². The first-order valence-electron chi connectivity index (χ1n) is 8.50. The summed E-state index contributed by atoms with van der Waals surface area (Å²) in [4.78, 5) is 14.2. The average Bonchev–Trinajstić information content (AvgIpc) is 2.58. The highest BCUT2D eigenvalue weighted by atomic mass is 19.4. The predicted molar refractivity (Wildman–Crippen MR) is 91.3 cm³/mol. The van der Waals surface area contributed by atoms with Crippen molar-refractivity contribution < 1.29 is 22.7 Å². The van der Waals surface area contributed by atoms with E-state index >= 15 is 0 Å². The summed E-state index contributed by atoms with van der Waals surface area (Å²) in [6.07, 6.45) is -4.83. The second-order valence-electron chi connectivity index (χ2n) is 5.88. The molecule has 25 heavy (non-hydrogen) atoms. The van der Waals surface area contributed by atoms with E-state index in [0.717, 1.165) is 25.1 Å². The van der Waals surface area contributed by atoms with Gasteiger partial charge in [0.15, 0.2) is 0 Å². The van der Waals surface area contributed by atoms with Gasteiger partial charge in [-0.15, -0.1) is 0 Å². The van der Waals surface area contributed by atoms with Crippen LogP contribution in [0.4, 0.5) is 13.2 Å². The van der Waals surface area contributed by atoms with E-state index in [1.54, 1.807) is 0 Å². The average molecular weight is 360 g/mol. The molecule has 0 aliphatic heterocycles. The van der Waals surface area contributed by atoms with Crippen LogP contribution in [0.15, 0.2) is 30.3 Å². The number of nitrogens with zero attached hydrogens (tertiary/aromatic N) is 1. The Labute approximate surface area is 147 Å². The molecule has 0 saturated carbocycles. The summed E-state index contributed by atoms with van der Waals surface area (Å²) in [7, 11) is 0. The Morgan fingerprint density at radius 2 is 1.80 bits per heavy atom. The monoisotopic (exact) mass is 360 g/mol. The number of halogens is 3. The molecule has 0 heterocycles. The van der Waals surface area contributed by atoms with Crippen molar-refractivity contribution in [3.63, 3.8) is 0 Å². The van der Waals surface area contributed by atoms with E-state index in [2.05, 4.69) is 15.0 Å². The Bertz CT molecular complexity index is 505. The molecule has 1 aromatic rings. The first-order valence-corrected chi connectivity index (χ1v) is 8.50. The molecule has 1 aromatic carbocycles. The normalized spacial score (nSPS) is 14.4. The SMILES string of the molecule is CCN(CC)[C@H](CNC(=O)[C@@H](C)OCC(F)(F)F)Cc1ccccc1. The predicted octanol–water partition coefficient (Wildman–Crippen LogP) is 3.02. The zero-order valence-electron chi connectivity index (χ0n) is 15.0. The van der Waals surface area contributed by atoms with Crippen LogP contribution in [0.1, 0.15) is 26.3 Å². The lowest BCUT2D eigenvalue weighted by Crippen LogP contribution is -2.47. The lowest BCUT2D eigenvalue weighted by molar-refractivity contribution is -0.185. The first-order chi connectivity index (χ1) is 11.8. The van der Waals surface area contributed by atoms with Crippen LogP contribution in [0.3, 0.4) is 0 Å². The van der Waals surface area contributed by atoms with Gasteiger partial charge in [0.05, 0.1) is 0 Å². The third-order valence-electron chi connectivity index (χ3n) is 4.02. The van der Waals surface area contributed by atoms with Gasteiger partial charge in [0, 0.05) is 12.6 Å².